The maximum Gasteiger partial charge on any atom is -0.0162 e. The summed E-state index contributed by atoms with van der Waals surface area (Å²) in [6, 6.07) is 19.5. The van der Waals surface area contributed by atoms with E-state index in [1.807, 2.05) is 0 Å². The molecule has 0 unspecified atom stereocenters. The minimum absolute atomic E-state index is 0.816. The molecule has 0 heteroatoms. The van der Waals surface area contributed by atoms with Crippen LogP contribution < -0.4 is 0 Å². The van der Waals surface area contributed by atoms with Gasteiger partial charge in [-0.15, -0.1) is 0 Å². The molecule has 0 amide bonds. The highest BCUT2D eigenvalue weighted by Crippen LogP contribution is 2.39. The Morgan fingerprint density at radius 3 is 1.17 bits per heavy atom. The summed E-state index contributed by atoms with van der Waals surface area (Å²) in [5.41, 5.74) is 6.25. The van der Waals surface area contributed by atoms with Gasteiger partial charge in [0.15, 0.2) is 0 Å². The summed E-state index contributed by atoms with van der Waals surface area (Å²) >= 11 is 0. The topological polar surface area (TPSA) is 0 Å². The third kappa shape index (κ3) is 8.49. The van der Waals surface area contributed by atoms with Gasteiger partial charge in [0.25, 0.3) is 0 Å². The SMILES string of the molecule is CCCCC1CCC(c2ccc(CCCCc3ccc(C4CCC(CCCC)CC4)cc3)cc2)CC1. The molecule has 0 bridgehead atoms. The highest BCUT2D eigenvalue weighted by Gasteiger charge is 2.23. The van der Waals surface area contributed by atoms with Crippen molar-refractivity contribution in [3.63, 3.8) is 0 Å². The zero-order chi connectivity index (χ0) is 25.0. The van der Waals surface area contributed by atoms with Crippen LogP contribution in [0.3, 0.4) is 0 Å². The first kappa shape index (κ1) is 27.5. The Bertz CT molecular complexity index is 755. The summed E-state index contributed by atoms with van der Waals surface area (Å²) < 4.78 is 0. The van der Waals surface area contributed by atoms with Crippen molar-refractivity contribution < 1.29 is 0 Å². The van der Waals surface area contributed by atoms with Crippen molar-refractivity contribution in [2.45, 2.75) is 141 Å². The van der Waals surface area contributed by atoms with E-state index in [2.05, 4.69) is 62.4 Å². The lowest BCUT2D eigenvalue weighted by Gasteiger charge is -2.29. The summed E-state index contributed by atoms with van der Waals surface area (Å²) in [5, 5.41) is 0. The number of unbranched alkanes of at least 4 members (excludes halogenated alkanes) is 3. The molecule has 0 atom stereocenters. The Hall–Kier alpha value is -1.56. The quantitative estimate of drug-likeness (QED) is 0.247. The van der Waals surface area contributed by atoms with Crippen LogP contribution in [0.4, 0.5) is 0 Å². The average molecular weight is 487 g/mol. The van der Waals surface area contributed by atoms with Gasteiger partial charge >= 0.3 is 0 Å². The third-order valence-corrected chi connectivity index (χ3v) is 9.71. The minimum atomic E-state index is 0.816. The first-order chi connectivity index (χ1) is 17.7. The van der Waals surface area contributed by atoms with Crippen LogP contribution >= 0.6 is 0 Å². The second kappa shape index (κ2) is 15.0. The van der Waals surface area contributed by atoms with Crippen molar-refractivity contribution in [3.05, 3.63) is 70.8 Å². The number of rotatable bonds is 13. The van der Waals surface area contributed by atoms with Crippen molar-refractivity contribution in [1.29, 1.82) is 0 Å². The lowest BCUT2D eigenvalue weighted by Crippen LogP contribution is -2.13. The zero-order valence-corrected chi connectivity index (χ0v) is 23.7. The fourth-order valence-corrected chi connectivity index (χ4v) is 7.13. The van der Waals surface area contributed by atoms with Crippen LogP contribution in [-0.4, -0.2) is 0 Å². The highest BCUT2D eigenvalue weighted by atomic mass is 14.3. The molecule has 0 nitrogen and oxygen atoms in total. The summed E-state index contributed by atoms with van der Waals surface area (Å²) in [6.45, 7) is 4.65. The first-order valence-corrected chi connectivity index (χ1v) is 15.9. The van der Waals surface area contributed by atoms with E-state index in [0.717, 1.165) is 23.7 Å². The normalized spacial score (nSPS) is 24.6. The fraction of sp³-hybridized carbons (Fsp3) is 0.667. The van der Waals surface area contributed by atoms with Crippen LogP contribution in [0.25, 0.3) is 0 Å². The molecule has 2 aliphatic rings. The van der Waals surface area contributed by atoms with Crippen LogP contribution in [0.5, 0.6) is 0 Å². The lowest BCUT2D eigenvalue weighted by molar-refractivity contribution is 0.304. The first-order valence-electron chi connectivity index (χ1n) is 15.9. The Morgan fingerprint density at radius 1 is 0.472 bits per heavy atom. The molecule has 2 aliphatic carbocycles. The summed E-state index contributed by atoms with van der Waals surface area (Å²) in [5.74, 6) is 3.64. The molecule has 2 aromatic carbocycles. The van der Waals surface area contributed by atoms with Gasteiger partial charge in [-0.05, 0) is 123 Å². The molecule has 0 aromatic heterocycles. The fourth-order valence-electron chi connectivity index (χ4n) is 7.13. The van der Waals surface area contributed by atoms with E-state index in [1.165, 1.54) is 127 Å². The van der Waals surface area contributed by atoms with E-state index < -0.39 is 0 Å². The molecule has 198 valence electrons. The maximum absolute atomic E-state index is 2.45. The molecule has 0 heterocycles. The summed E-state index contributed by atoms with van der Waals surface area (Å²) in [7, 11) is 0. The molecular weight excluding hydrogens is 432 g/mol. The smallest absolute Gasteiger partial charge is 0.0162 e. The second-order valence-electron chi connectivity index (χ2n) is 12.4. The van der Waals surface area contributed by atoms with Crippen molar-refractivity contribution in [1.82, 2.24) is 0 Å². The van der Waals surface area contributed by atoms with Crippen LogP contribution in [0, 0.1) is 11.8 Å². The van der Waals surface area contributed by atoms with Crippen molar-refractivity contribution in [2.24, 2.45) is 11.8 Å². The number of hydrogen-bond donors (Lipinski definition) is 0. The minimum Gasteiger partial charge on any atom is -0.0654 e. The molecule has 0 spiro atoms. The van der Waals surface area contributed by atoms with Crippen LogP contribution in [0.15, 0.2) is 48.5 Å². The lowest BCUT2D eigenvalue weighted by atomic mass is 9.77. The van der Waals surface area contributed by atoms with Gasteiger partial charge in [0, 0.05) is 0 Å². The zero-order valence-electron chi connectivity index (χ0n) is 23.7. The van der Waals surface area contributed by atoms with E-state index in [1.54, 1.807) is 11.1 Å². The van der Waals surface area contributed by atoms with E-state index in [9.17, 15) is 0 Å². The Balaban J connectivity index is 1.12. The summed E-state index contributed by atoms with van der Waals surface area (Å²) in [6.07, 6.45) is 25.0. The Labute approximate surface area is 223 Å². The van der Waals surface area contributed by atoms with Gasteiger partial charge in [0.2, 0.25) is 0 Å². The van der Waals surface area contributed by atoms with Gasteiger partial charge < -0.3 is 0 Å². The highest BCUT2D eigenvalue weighted by molar-refractivity contribution is 5.27. The second-order valence-corrected chi connectivity index (χ2v) is 12.4. The molecule has 2 fully saturated rings. The number of hydrogen-bond acceptors (Lipinski definition) is 0. The van der Waals surface area contributed by atoms with Gasteiger partial charge in [-0.2, -0.15) is 0 Å². The van der Waals surface area contributed by atoms with Crippen molar-refractivity contribution in [3.8, 4) is 0 Å². The molecule has 0 saturated heterocycles. The molecule has 4 rings (SSSR count). The van der Waals surface area contributed by atoms with Crippen LogP contribution in [0.2, 0.25) is 0 Å². The Morgan fingerprint density at radius 2 is 0.833 bits per heavy atom. The molecule has 0 aliphatic heterocycles. The van der Waals surface area contributed by atoms with E-state index in [4.69, 9.17) is 0 Å². The molecular formula is C36H54. The van der Waals surface area contributed by atoms with Gasteiger partial charge in [-0.3, -0.25) is 0 Å². The van der Waals surface area contributed by atoms with Crippen LogP contribution in [-0.2, 0) is 12.8 Å². The molecule has 36 heavy (non-hydrogen) atoms. The maximum atomic E-state index is 2.45. The van der Waals surface area contributed by atoms with Crippen molar-refractivity contribution >= 4 is 0 Å². The standard InChI is InChI=1S/C36H54/c1-3-5-9-29-13-21-33(22-14-29)35-25-17-31(18-26-35)11-7-8-12-32-19-27-36(28-20-32)34-23-15-30(16-24-34)10-6-4-2/h17-20,25-30,33-34H,3-16,21-24H2,1-2H3. The average Bonchev–Trinajstić information content (AvgIpc) is 2.94. The van der Waals surface area contributed by atoms with E-state index >= 15 is 0 Å². The molecule has 2 saturated carbocycles. The van der Waals surface area contributed by atoms with Crippen LogP contribution in [0.1, 0.15) is 151 Å². The molecule has 2 aromatic rings. The van der Waals surface area contributed by atoms with Gasteiger partial charge in [0.05, 0.1) is 0 Å². The monoisotopic (exact) mass is 486 g/mol. The predicted molar refractivity (Wildman–Crippen MR) is 158 cm³/mol. The van der Waals surface area contributed by atoms with E-state index in [-0.39, 0.29) is 0 Å². The summed E-state index contributed by atoms with van der Waals surface area (Å²) in [4.78, 5) is 0. The van der Waals surface area contributed by atoms with Gasteiger partial charge in [-0.1, -0.05) is 101 Å². The number of aryl methyl sites for hydroxylation is 2. The largest absolute Gasteiger partial charge is 0.0654 e. The Kier molecular flexibility index (Phi) is 11.4. The third-order valence-electron chi connectivity index (χ3n) is 9.71. The molecule has 0 N–H and O–H groups in total. The predicted octanol–water partition coefficient (Wildman–Crippen LogP) is 11.2. The van der Waals surface area contributed by atoms with Gasteiger partial charge in [0.1, 0.15) is 0 Å². The molecule has 0 radical (unpaired) electrons. The van der Waals surface area contributed by atoms with E-state index in [0.29, 0.717) is 0 Å². The van der Waals surface area contributed by atoms with Gasteiger partial charge in [-0.25, -0.2) is 0 Å². The number of benzene rings is 2. The van der Waals surface area contributed by atoms with Crippen molar-refractivity contribution in [2.75, 3.05) is 0 Å².